The van der Waals surface area contributed by atoms with Gasteiger partial charge in [0.15, 0.2) is 6.61 Å². The van der Waals surface area contributed by atoms with Gasteiger partial charge in [0.05, 0.1) is 11.3 Å². The highest BCUT2D eigenvalue weighted by Crippen LogP contribution is 2.24. The Morgan fingerprint density at radius 2 is 1.51 bits per heavy atom. The van der Waals surface area contributed by atoms with E-state index < -0.39 is 23.5 Å². The van der Waals surface area contributed by atoms with E-state index in [4.69, 9.17) is 14.9 Å². The van der Waals surface area contributed by atoms with Crippen molar-refractivity contribution in [1.29, 1.82) is 5.41 Å². The lowest BCUT2D eigenvalue weighted by atomic mass is 10.1. The summed E-state index contributed by atoms with van der Waals surface area (Å²) in [7, 11) is 3.53. The largest absolute Gasteiger partial charge is 0.484 e. The molecular weight excluding hydrogens is 602 g/mol. The molecule has 0 unspecified atom stereocenters. The van der Waals surface area contributed by atoms with E-state index in [2.05, 4.69) is 26.3 Å². The number of amidine groups is 1. The minimum absolute atomic E-state index is 0.105. The van der Waals surface area contributed by atoms with Crippen molar-refractivity contribution in [3.05, 3.63) is 83.6 Å². The van der Waals surface area contributed by atoms with Gasteiger partial charge in [-0.15, -0.1) is 0 Å². The summed E-state index contributed by atoms with van der Waals surface area (Å²) < 4.78 is 10.9. The molecule has 1 aromatic heterocycles. The van der Waals surface area contributed by atoms with Gasteiger partial charge in [-0.1, -0.05) is 18.2 Å². The van der Waals surface area contributed by atoms with Crippen LogP contribution < -0.4 is 26.0 Å². The number of alkyl carbamates (subject to hydrolysis) is 1. The van der Waals surface area contributed by atoms with Gasteiger partial charge >= 0.3 is 6.09 Å². The fraction of sp³-hybridized carbons (Fsp3) is 0.353. The van der Waals surface area contributed by atoms with Crippen LogP contribution in [0.3, 0.4) is 0 Å². The lowest BCUT2D eigenvalue weighted by Crippen LogP contribution is -2.33. The molecule has 0 atom stereocenters. The van der Waals surface area contributed by atoms with Gasteiger partial charge in [-0.3, -0.25) is 19.8 Å². The Labute approximate surface area is 274 Å². The second-order valence-corrected chi connectivity index (χ2v) is 11.8. The van der Waals surface area contributed by atoms with Gasteiger partial charge in [0, 0.05) is 44.5 Å². The van der Waals surface area contributed by atoms with Gasteiger partial charge in [0.25, 0.3) is 17.7 Å². The quantitative estimate of drug-likeness (QED) is 0.0956. The number of amides is 4. The van der Waals surface area contributed by atoms with Crippen molar-refractivity contribution >= 4 is 41.2 Å². The van der Waals surface area contributed by atoms with Crippen molar-refractivity contribution in [2.24, 2.45) is 0 Å². The van der Waals surface area contributed by atoms with E-state index in [1.54, 1.807) is 88.3 Å². The number of nitrogens with zero attached hydrogens (tertiary/aromatic N) is 2. The van der Waals surface area contributed by atoms with Crippen molar-refractivity contribution in [3.8, 4) is 5.75 Å². The Balaban J connectivity index is 1.57. The van der Waals surface area contributed by atoms with E-state index in [1.807, 2.05) is 0 Å². The Bertz CT molecular complexity index is 1540. The number of ether oxygens (including phenoxy) is 2. The first-order chi connectivity index (χ1) is 22.3. The molecule has 0 aliphatic carbocycles. The van der Waals surface area contributed by atoms with Gasteiger partial charge in [0.1, 0.15) is 23.0 Å². The zero-order valence-corrected chi connectivity index (χ0v) is 27.4. The van der Waals surface area contributed by atoms with Crippen LogP contribution in [0.5, 0.6) is 5.75 Å². The van der Waals surface area contributed by atoms with Crippen LogP contribution in [0.4, 0.5) is 16.3 Å². The maximum atomic E-state index is 13.3. The van der Waals surface area contributed by atoms with E-state index in [-0.39, 0.29) is 29.5 Å². The first kappa shape index (κ1) is 36.0. The number of hydrogen-bond donors (Lipinski definition) is 5. The fourth-order valence-corrected chi connectivity index (χ4v) is 4.12. The topological polar surface area (TPSA) is 175 Å². The van der Waals surface area contributed by atoms with Crippen LogP contribution in [0.25, 0.3) is 0 Å². The molecule has 13 heteroatoms. The van der Waals surface area contributed by atoms with Crippen molar-refractivity contribution in [2.45, 2.75) is 45.6 Å². The number of pyridine rings is 1. The number of benzene rings is 2. The zero-order valence-electron chi connectivity index (χ0n) is 27.4. The molecule has 0 radical (unpaired) electrons. The average molecular weight is 646 g/mol. The van der Waals surface area contributed by atoms with Crippen molar-refractivity contribution in [2.75, 3.05) is 44.4 Å². The highest BCUT2D eigenvalue weighted by molar-refractivity contribution is 6.12. The summed E-state index contributed by atoms with van der Waals surface area (Å²) in [6.45, 7) is 6.05. The molecule has 0 spiro atoms. The number of carbonyl (C=O) groups excluding carboxylic acids is 4. The number of anilines is 2. The molecule has 5 N–H and O–H groups in total. The van der Waals surface area contributed by atoms with Gasteiger partial charge in [-0.2, -0.15) is 0 Å². The Morgan fingerprint density at radius 1 is 0.830 bits per heavy atom. The molecule has 47 heavy (non-hydrogen) atoms. The molecule has 13 nitrogen and oxygen atoms in total. The minimum Gasteiger partial charge on any atom is -0.484 e. The van der Waals surface area contributed by atoms with Crippen molar-refractivity contribution < 1.29 is 28.7 Å². The average Bonchev–Trinajstić information content (AvgIpc) is 3.03. The molecule has 3 aromatic rings. The highest BCUT2D eigenvalue weighted by Gasteiger charge is 2.18. The van der Waals surface area contributed by atoms with Gasteiger partial charge < -0.3 is 35.6 Å². The van der Waals surface area contributed by atoms with Crippen LogP contribution in [0.2, 0.25) is 0 Å². The molecule has 0 saturated heterocycles. The fourth-order valence-electron chi connectivity index (χ4n) is 4.12. The van der Waals surface area contributed by atoms with Crippen LogP contribution in [0.15, 0.2) is 66.9 Å². The Hall–Kier alpha value is -5.46. The SMILES string of the molecule is CN(C)C(=N)c1ccc(C(=O)Nc2ccc(OCC(=O)NCCCCCNC(=O)OC(C)(C)C)cc2C(=O)Nc2ccccn2)cc1. The standard InChI is InChI=1S/C34H43N7O6/c1-34(2,3)47-33(45)38-20-9-6-8-19-37-29(42)22-46-25-16-17-27(26(21-25)32(44)40-28-11-7-10-18-36-28)39-31(43)24-14-12-23(13-15-24)30(35)41(4)5/h7,10-18,21,35H,6,8-9,19-20,22H2,1-5H3,(H,37,42)(H,38,45)(H,39,43)(H,36,40,44). The summed E-state index contributed by atoms with van der Waals surface area (Å²) in [5.74, 6) is -0.443. The molecule has 0 aliphatic rings. The lowest BCUT2D eigenvalue weighted by Gasteiger charge is -2.19. The van der Waals surface area contributed by atoms with Crippen LogP contribution in [-0.2, 0) is 9.53 Å². The number of unbranched alkanes of at least 4 members (excludes halogenated alkanes) is 2. The summed E-state index contributed by atoms with van der Waals surface area (Å²) in [6, 6.07) is 16.2. The van der Waals surface area contributed by atoms with Crippen LogP contribution >= 0.6 is 0 Å². The second-order valence-electron chi connectivity index (χ2n) is 11.8. The molecule has 0 aliphatic heterocycles. The molecule has 250 valence electrons. The van der Waals surface area contributed by atoms with Gasteiger partial charge in [-0.25, -0.2) is 9.78 Å². The third-order valence-electron chi connectivity index (χ3n) is 6.47. The minimum atomic E-state index is -0.547. The Kier molecular flexibility index (Phi) is 13.3. The van der Waals surface area contributed by atoms with Gasteiger partial charge in [0.2, 0.25) is 0 Å². The second kappa shape index (κ2) is 17.3. The van der Waals surface area contributed by atoms with E-state index in [1.165, 1.54) is 18.3 Å². The van der Waals surface area contributed by atoms with E-state index >= 15 is 0 Å². The predicted octanol–water partition coefficient (Wildman–Crippen LogP) is 4.66. The number of carbonyl (C=O) groups is 4. The normalized spacial score (nSPS) is 10.7. The van der Waals surface area contributed by atoms with E-state index in [0.29, 0.717) is 35.9 Å². The monoisotopic (exact) mass is 645 g/mol. The summed E-state index contributed by atoms with van der Waals surface area (Å²) >= 11 is 0. The molecule has 4 amide bonds. The highest BCUT2D eigenvalue weighted by atomic mass is 16.6. The predicted molar refractivity (Wildman–Crippen MR) is 180 cm³/mol. The third kappa shape index (κ3) is 12.5. The molecule has 1 heterocycles. The molecule has 2 aromatic carbocycles. The number of rotatable bonds is 14. The van der Waals surface area contributed by atoms with E-state index in [0.717, 1.165) is 19.3 Å². The molecule has 0 fully saturated rings. The lowest BCUT2D eigenvalue weighted by molar-refractivity contribution is -0.123. The van der Waals surface area contributed by atoms with Crippen molar-refractivity contribution in [1.82, 2.24) is 20.5 Å². The third-order valence-corrected chi connectivity index (χ3v) is 6.47. The molecule has 0 bridgehead atoms. The Morgan fingerprint density at radius 3 is 2.15 bits per heavy atom. The summed E-state index contributed by atoms with van der Waals surface area (Å²) in [4.78, 5) is 56.2. The first-order valence-electron chi connectivity index (χ1n) is 15.2. The van der Waals surface area contributed by atoms with Crippen LogP contribution in [0.1, 0.15) is 66.3 Å². The molecule has 0 saturated carbocycles. The summed E-state index contributed by atoms with van der Waals surface area (Å²) in [5, 5.41) is 19.1. The maximum absolute atomic E-state index is 13.3. The molecule has 3 rings (SSSR count). The van der Waals surface area contributed by atoms with E-state index in [9.17, 15) is 19.2 Å². The summed E-state index contributed by atoms with van der Waals surface area (Å²) in [6.07, 6.45) is 3.34. The number of hydrogen-bond acceptors (Lipinski definition) is 8. The van der Waals surface area contributed by atoms with Crippen LogP contribution in [-0.4, -0.2) is 78.9 Å². The van der Waals surface area contributed by atoms with Crippen LogP contribution in [0, 0.1) is 5.41 Å². The smallest absolute Gasteiger partial charge is 0.407 e. The maximum Gasteiger partial charge on any atom is 0.407 e. The molecular formula is C34H43N7O6. The van der Waals surface area contributed by atoms with Gasteiger partial charge in [-0.05, 0) is 82.5 Å². The number of aromatic nitrogens is 1. The number of nitrogens with one attached hydrogen (secondary N) is 5. The van der Waals surface area contributed by atoms with Crippen molar-refractivity contribution in [3.63, 3.8) is 0 Å². The first-order valence-corrected chi connectivity index (χ1v) is 15.2. The summed E-state index contributed by atoms with van der Waals surface area (Å²) in [5.41, 5.74) is 0.779. The zero-order chi connectivity index (χ0) is 34.4.